The van der Waals surface area contributed by atoms with E-state index in [-0.39, 0.29) is 31.2 Å². The van der Waals surface area contributed by atoms with Crippen molar-refractivity contribution in [2.75, 3.05) is 26.4 Å². The van der Waals surface area contributed by atoms with E-state index in [1.165, 1.54) is 6.92 Å². The SMILES string of the molecule is CC(=O)N(CC(O)COc1ccc(COCCOC(C)C)cc1)C(C)C. The molecule has 1 N–H and O–H groups in total. The quantitative estimate of drug-likeness (QED) is 0.575. The molecule has 26 heavy (non-hydrogen) atoms. The van der Waals surface area contributed by atoms with Gasteiger partial charge in [0.2, 0.25) is 5.91 Å². The van der Waals surface area contributed by atoms with Crippen LogP contribution in [0.1, 0.15) is 40.2 Å². The van der Waals surface area contributed by atoms with Gasteiger partial charge in [-0.1, -0.05) is 12.1 Å². The molecular formula is C20H33NO5. The molecule has 0 heterocycles. The average Bonchev–Trinajstić information content (AvgIpc) is 2.57. The summed E-state index contributed by atoms with van der Waals surface area (Å²) in [5.74, 6) is 0.622. The number of carbonyl (C=O) groups excluding carboxylic acids is 1. The molecule has 0 saturated heterocycles. The van der Waals surface area contributed by atoms with Crippen LogP contribution >= 0.6 is 0 Å². The van der Waals surface area contributed by atoms with Crippen molar-refractivity contribution in [3.63, 3.8) is 0 Å². The first-order chi connectivity index (χ1) is 12.3. The van der Waals surface area contributed by atoms with E-state index in [0.717, 1.165) is 5.56 Å². The Labute approximate surface area is 157 Å². The third kappa shape index (κ3) is 9.17. The normalized spacial score (nSPS) is 12.5. The van der Waals surface area contributed by atoms with Gasteiger partial charge in [0.1, 0.15) is 18.5 Å². The molecule has 0 spiro atoms. The summed E-state index contributed by atoms with van der Waals surface area (Å²) in [6.07, 6.45) is -0.515. The lowest BCUT2D eigenvalue weighted by atomic mass is 10.2. The summed E-state index contributed by atoms with van der Waals surface area (Å²) in [7, 11) is 0. The maximum Gasteiger partial charge on any atom is 0.219 e. The Kier molecular flexibility index (Phi) is 10.2. The van der Waals surface area contributed by atoms with Crippen LogP contribution in [0.3, 0.4) is 0 Å². The van der Waals surface area contributed by atoms with Gasteiger partial charge in [-0.3, -0.25) is 4.79 Å². The molecule has 6 nitrogen and oxygen atoms in total. The monoisotopic (exact) mass is 367 g/mol. The number of benzene rings is 1. The van der Waals surface area contributed by atoms with Gasteiger partial charge >= 0.3 is 0 Å². The van der Waals surface area contributed by atoms with E-state index < -0.39 is 6.10 Å². The topological polar surface area (TPSA) is 68.2 Å². The summed E-state index contributed by atoms with van der Waals surface area (Å²) in [5, 5.41) is 10.1. The lowest BCUT2D eigenvalue weighted by molar-refractivity contribution is -0.132. The molecule has 1 aromatic carbocycles. The Morgan fingerprint density at radius 1 is 1.12 bits per heavy atom. The van der Waals surface area contributed by atoms with Gasteiger partial charge in [0.15, 0.2) is 0 Å². The van der Waals surface area contributed by atoms with Gasteiger partial charge in [-0.15, -0.1) is 0 Å². The van der Waals surface area contributed by atoms with Gasteiger partial charge in [-0.2, -0.15) is 0 Å². The number of hydrogen-bond acceptors (Lipinski definition) is 5. The molecule has 0 aromatic heterocycles. The molecule has 148 valence electrons. The van der Waals surface area contributed by atoms with Crippen molar-refractivity contribution >= 4 is 5.91 Å². The first-order valence-corrected chi connectivity index (χ1v) is 9.16. The van der Waals surface area contributed by atoms with Crippen LogP contribution in [0.5, 0.6) is 5.75 Å². The summed E-state index contributed by atoms with van der Waals surface area (Å²) in [6, 6.07) is 7.61. The molecule has 1 aromatic rings. The second-order valence-corrected chi connectivity index (χ2v) is 6.85. The summed E-state index contributed by atoms with van der Waals surface area (Å²) in [6.45, 7) is 11.4. The smallest absolute Gasteiger partial charge is 0.219 e. The molecule has 0 saturated carbocycles. The van der Waals surface area contributed by atoms with E-state index in [9.17, 15) is 9.90 Å². The molecule has 0 fully saturated rings. The number of nitrogens with zero attached hydrogens (tertiary/aromatic N) is 1. The standard InChI is InChI=1S/C20H33NO5/c1-15(2)21(17(5)22)12-19(23)14-26-20-8-6-18(7-9-20)13-24-10-11-25-16(3)4/h6-9,15-16,19,23H,10-14H2,1-5H3. The second kappa shape index (κ2) is 11.9. The summed E-state index contributed by atoms with van der Waals surface area (Å²) >= 11 is 0. The zero-order valence-electron chi connectivity index (χ0n) is 16.6. The molecule has 1 atom stereocenters. The van der Waals surface area contributed by atoms with Crippen molar-refractivity contribution in [1.29, 1.82) is 0 Å². The Balaban J connectivity index is 2.32. The van der Waals surface area contributed by atoms with Crippen molar-refractivity contribution in [3.8, 4) is 5.75 Å². The Morgan fingerprint density at radius 3 is 2.31 bits per heavy atom. The molecule has 0 bridgehead atoms. The maximum atomic E-state index is 11.5. The predicted octanol–water partition coefficient (Wildman–Crippen LogP) is 2.62. The van der Waals surface area contributed by atoms with E-state index in [0.29, 0.717) is 25.6 Å². The number of ether oxygens (including phenoxy) is 3. The summed E-state index contributed by atoms with van der Waals surface area (Å²) in [5.41, 5.74) is 1.05. The van der Waals surface area contributed by atoms with Crippen LogP contribution in [0.4, 0.5) is 0 Å². The van der Waals surface area contributed by atoms with Crippen molar-refractivity contribution in [3.05, 3.63) is 29.8 Å². The van der Waals surface area contributed by atoms with E-state index >= 15 is 0 Å². The molecule has 1 unspecified atom stereocenters. The minimum absolute atomic E-state index is 0.0485. The highest BCUT2D eigenvalue weighted by molar-refractivity contribution is 5.73. The lowest BCUT2D eigenvalue weighted by Crippen LogP contribution is -2.42. The van der Waals surface area contributed by atoms with Gasteiger partial charge < -0.3 is 24.2 Å². The molecule has 1 amide bonds. The zero-order valence-corrected chi connectivity index (χ0v) is 16.6. The first-order valence-electron chi connectivity index (χ1n) is 9.16. The molecule has 0 aliphatic rings. The first kappa shape index (κ1) is 22.4. The molecule has 6 heteroatoms. The van der Waals surface area contributed by atoms with Crippen LogP contribution in [0, 0.1) is 0 Å². The predicted molar refractivity (Wildman–Crippen MR) is 101 cm³/mol. The fourth-order valence-electron chi connectivity index (χ4n) is 2.39. The Hall–Kier alpha value is -1.63. The fourth-order valence-corrected chi connectivity index (χ4v) is 2.39. The van der Waals surface area contributed by atoms with Gasteiger partial charge in [0.05, 0.1) is 32.5 Å². The van der Waals surface area contributed by atoms with E-state index in [2.05, 4.69) is 0 Å². The highest BCUT2D eigenvalue weighted by Crippen LogP contribution is 2.13. The van der Waals surface area contributed by atoms with Crippen molar-refractivity contribution in [2.45, 2.75) is 59.5 Å². The van der Waals surface area contributed by atoms with Crippen LogP contribution in [0.2, 0.25) is 0 Å². The van der Waals surface area contributed by atoms with Crippen LogP contribution in [-0.2, 0) is 20.9 Å². The van der Waals surface area contributed by atoms with Crippen LogP contribution < -0.4 is 4.74 Å². The van der Waals surface area contributed by atoms with Crippen LogP contribution in [-0.4, -0.2) is 60.5 Å². The van der Waals surface area contributed by atoms with Crippen LogP contribution in [0.25, 0.3) is 0 Å². The van der Waals surface area contributed by atoms with Gasteiger partial charge in [0.25, 0.3) is 0 Å². The Morgan fingerprint density at radius 2 is 1.77 bits per heavy atom. The third-order valence-corrected chi connectivity index (χ3v) is 3.75. The Bertz CT molecular complexity index is 515. The van der Waals surface area contributed by atoms with Crippen molar-refractivity contribution < 1.29 is 24.1 Å². The highest BCUT2D eigenvalue weighted by atomic mass is 16.5. The number of aliphatic hydroxyl groups is 1. The molecular weight excluding hydrogens is 334 g/mol. The summed E-state index contributed by atoms with van der Waals surface area (Å²) < 4.78 is 16.6. The minimum atomic E-state index is -0.731. The number of rotatable bonds is 12. The number of amides is 1. The number of carbonyl (C=O) groups is 1. The number of aliphatic hydroxyl groups excluding tert-OH is 1. The van der Waals surface area contributed by atoms with Crippen molar-refractivity contribution in [2.24, 2.45) is 0 Å². The van der Waals surface area contributed by atoms with E-state index in [1.807, 2.05) is 52.0 Å². The van der Waals surface area contributed by atoms with E-state index in [4.69, 9.17) is 14.2 Å². The van der Waals surface area contributed by atoms with Crippen molar-refractivity contribution in [1.82, 2.24) is 4.90 Å². The average molecular weight is 367 g/mol. The molecule has 0 radical (unpaired) electrons. The van der Waals surface area contributed by atoms with Gasteiger partial charge in [-0.05, 0) is 45.4 Å². The molecule has 1 rings (SSSR count). The largest absolute Gasteiger partial charge is 0.491 e. The molecule has 0 aliphatic heterocycles. The highest BCUT2D eigenvalue weighted by Gasteiger charge is 2.17. The van der Waals surface area contributed by atoms with Gasteiger partial charge in [-0.25, -0.2) is 0 Å². The third-order valence-electron chi connectivity index (χ3n) is 3.75. The number of hydrogen-bond donors (Lipinski definition) is 1. The minimum Gasteiger partial charge on any atom is -0.491 e. The summed E-state index contributed by atoms with van der Waals surface area (Å²) in [4.78, 5) is 13.2. The molecule has 0 aliphatic carbocycles. The second-order valence-electron chi connectivity index (χ2n) is 6.85. The van der Waals surface area contributed by atoms with E-state index in [1.54, 1.807) is 4.90 Å². The maximum absolute atomic E-state index is 11.5. The fraction of sp³-hybridized carbons (Fsp3) is 0.650. The zero-order chi connectivity index (χ0) is 19.5. The van der Waals surface area contributed by atoms with Crippen LogP contribution in [0.15, 0.2) is 24.3 Å². The lowest BCUT2D eigenvalue weighted by Gasteiger charge is -2.27. The van der Waals surface area contributed by atoms with Gasteiger partial charge in [0, 0.05) is 13.0 Å².